The van der Waals surface area contributed by atoms with Gasteiger partial charge in [-0.3, -0.25) is 9.59 Å². The third kappa shape index (κ3) is 13.0. The molecular formula is C60H79N5O6. The largest absolute Gasteiger partial charge is 0.504 e. The average molecular weight is 966 g/mol. The van der Waals surface area contributed by atoms with E-state index >= 15 is 0 Å². The molecule has 3 aliphatic heterocycles. The van der Waals surface area contributed by atoms with Gasteiger partial charge in [0.1, 0.15) is 5.78 Å². The van der Waals surface area contributed by atoms with Crippen molar-refractivity contribution < 1.29 is 29.6 Å². The van der Waals surface area contributed by atoms with E-state index in [1.807, 2.05) is 19.2 Å². The second kappa shape index (κ2) is 23.8. The van der Waals surface area contributed by atoms with E-state index in [0.29, 0.717) is 66.6 Å². The van der Waals surface area contributed by atoms with Crippen LogP contribution < -0.4 is 31.7 Å². The van der Waals surface area contributed by atoms with Gasteiger partial charge < -0.3 is 47.1 Å². The predicted molar refractivity (Wildman–Crippen MR) is 281 cm³/mol. The Morgan fingerprint density at radius 3 is 2.58 bits per heavy atom. The van der Waals surface area contributed by atoms with E-state index in [1.165, 1.54) is 42.0 Å². The standard InChI is InChI=1S/C60H79N5O6/c1-39(67)35-64-51-30-50-18-15-43(32-60(50,33-51)34-55-54-20-22-62-36-49(54)25-46-11-6-21-63-59(46)55)24-53(69)31-52(68)19-17-44-28-57(71-38-66)56(70)27-47(44)26-48-37-65-58(61)29-45(48)16-14-42-10-5-9-41(23-42)13-12-40-7-3-2-4-8-40/h2-11,17,19,23,27-29,37,39,43,46,49-51,54-55,58-59,62-67,70H,12-16,18,20-22,24-26,30-36,38,61H2,1H3. The highest BCUT2D eigenvalue weighted by atomic mass is 16.6. The number of piperidine rings is 1. The van der Waals surface area contributed by atoms with E-state index < -0.39 is 12.9 Å². The number of phenolic OH excluding ortho intramolecular Hbond substituents is 1. The monoisotopic (exact) mass is 966 g/mol. The number of ketones is 2. The van der Waals surface area contributed by atoms with Crippen LogP contribution in [0.5, 0.6) is 11.5 Å². The number of nitrogens with one attached hydrogen (secondary N) is 4. The first kappa shape index (κ1) is 51.0. The number of aryl methyl sites for hydroxylation is 3. The molecule has 3 aliphatic carbocycles. The fraction of sp³-hybridized carbons (Fsp3) is 0.533. The predicted octanol–water partition coefficient (Wildman–Crippen LogP) is 7.63. The summed E-state index contributed by atoms with van der Waals surface area (Å²) in [5.41, 5.74) is 13.9. The van der Waals surface area contributed by atoms with Crippen LogP contribution in [0, 0.1) is 40.9 Å². The zero-order valence-electron chi connectivity index (χ0n) is 41.9. The average Bonchev–Trinajstić information content (AvgIpc) is 3.73. The minimum atomic E-state index is -0.617. The molecule has 11 heteroatoms. The molecule has 3 aromatic rings. The molecule has 0 spiro atoms. The second-order valence-corrected chi connectivity index (χ2v) is 22.2. The SMILES string of the molecule is CC(O)CNC1CC2CCC(CC(=O)CC(=O)C=Cc3cc(OCO)c(O)cc3CC3=CNC(N)C=C3CCc3cccc(CCc4ccccc4)c3)CC2(CC2C3CCNCC3CC3C=CCNC32)C1. The summed E-state index contributed by atoms with van der Waals surface area (Å²) in [5, 5.41) is 45.5. The number of aliphatic hydroxyl groups is 2. The Morgan fingerprint density at radius 2 is 1.76 bits per heavy atom. The Hall–Kier alpha value is -4.88. The number of fused-ring (bicyclic) bond motifs is 3. The Kier molecular flexibility index (Phi) is 17.1. The number of aromatic hydroxyl groups is 1. The molecule has 9 rings (SSSR count). The summed E-state index contributed by atoms with van der Waals surface area (Å²) < 4.78 is 5.37. The van der Waals surface area contributed by atoms with Gasteiger partial charge in [-0.25, -0.2) is 0 Å². The summed E-state index contributed by atoms with van der Waals surface area (Å²) >= 11 is 0. The molecule has 3 saturated carbocycles. The molecule has 3 aromatic carbocycles. The van der Waals surface area contributed by atoms with Crippen LogP contribution in [-0.2, 0) is 35.3 Å². The number of aliphatic hydroxyl groups excluding tert-OH is 2. The molecule has 11 nitrogen and oxygen atoms in total. The van der Waals surface area contributed by atoms with Crippen molar-refractivity contribution in [3.05, 3.63) is 136 Å². The van der Waals surface area contributed by atoms with Crippen molar-refractivity contribution in [2.45, 2.75) is 128 Å². The van der Waals surface area contributed by atoms with Crippen molar-refractivity contribution in [2.75, 3.05) is 33.0 Å². The number of benzene rings is 3. The number of phenols is 1. The van der Waals surface area contributed by atoms with Crippen molar-refractivity contribution in [2.24, 2.45) is 46.7 Å². The highest BCUT2D eigenvalue weighted by Crippen LogP contribution is 2.60. The number of carbonyl (C=O) groups is 2. The van der Waals surface area contributed by atoms with Gasteiger partial charge in [-0.15, -0.1) is 0 Å². The molecule has 9 N–H and O–H groups in total. The van der Waals surface area contributed by atoms with Gasteiger partial charge in [0.05, 0.1) is 18.7 Å². The Morgan fingerprint density at radius 1 is 0.958 bits per heavy atom. The van der Waals surface area contributed by atoms with Gasteiger partial charge >= 0.3 is 0 Å². The van der Waals surface area contributed by atoms with E-state index in [-0.39, 0.29) is 47.0 Å². The van der Waals surface area contributed by atoms with Crippen molar-refractivity contribution in [3.63, 3.8) is 0 Å². The molecule has 0 bridgehead atoms. The van der Waals surface area contributed by atoms with Gasteiger partial charge in [0.25, 0.3) is 0 Å². The summed E-state index contributed by atoms with van der Waals surface area (Å²) in [6, 6.07) is 23.5. The minimum absolute atomic E-state index is 0.0169. The maximum atomic E-state index is 14.0. The quantitative estimate of drug-likeness (QED) is 0.0228. The van der Waals surface area contributed by atoms with E-state index in [2.05, 4.69) is 88.0 Å². The van der Waals surface area contributed by atoms with Gasteiger partial charge in [0.15, 0.2) is 24.1 Å². The number of nitrogens with two attached hydrogens (primary N) is 1. The number of hydrogen-bond acceptors (Lipinski definition) is 11. The first-order chi connectivity index (χ1) is 34.5. The lowest BCUT2D eigenvalue weighted by Gasteiger charge is -2.54. The Balaban J connectivity index is 0.856. The molecular weight excluding hydrogens is 887 g/mol. The maximum absolute atomic E-state index is 14.0. The lowest BCUT2D eigenvalue weighted by molar-refractivity contribution is -0.126. The lowest BCUT2D eigenvalue weighted by Crippen LogP contribution is -2.57. The van der Waals surface area contributed by atoms with E-state index in [4.69, 9.17) is 10.5 Å². The van der Waals surface area contributed by atoms with Gasteiger partial charge in [0, 0.05) is 37.8 Å². The molecule has 6 aliphatic rings. The highest BCUT2D eigenvalue weighted by Gasteiger charge is 2.55. The van der Waals surface area contributed by atoms with Gasteiger partial charge in [-0.05, 0) is 208 Å². The van der Waals surface area contributed by atoms with E-state index in [0.717, 1.165) is 94.1 Å². The third-order valence-electron chi connectivity index (χ3n) is 17.2. The van der Waals surface area contributed by atoms with Crippen molar-refractivity contribution in [1.82, 2.24) is 21.3 Å². The molecule has 11 unspecified atom stereocenters. The molecule has 3 heterocycles. The second-order valence-electron chi connectivity index (χ2n) is 22.2. The van der Waals surface area contributed by atoms with Crippen LogP contribution in [0.4, 0.5) is 0 Å². The summed E-state index contributed by atoms with van der Waals surface area (Å²) in [7, 11) is 0. The van der Waals surface area contributed by atoms with Crippen molar-refractivity contribution >= 4 is 17.6 Å². The molecule has 1 saturated heterocycles. The summed E-state index contributed by atoms with van der Waals surface area (Å²) in [5.74, 6) is 3.06. The van der Waals surface area contributed by atoms with E-state index in [9.17, 15) is 24.9 Å². The Labute approximate surface area is 421 Å². The fourth-order valence-electron chi connectivity index (χ4n) is 14.0. The number of carbonyl (C=O) groups excluding carboxylic acids is 2. The molecule has 0 amide bonds. The van der Waals surface area contributed by atoms with Crippen LogP contribution in [0.25, 0.3) is 6.08 Å². The van der Waals surface area contributed by atoms with E-state index in [1.54, 1.807) is 18.2 Å². The van der Waals surface area contributed by atoms with Crippen LogP contribution in [-0.4, -0.2) is 84.2 Å². The minimum Gasteiger partial charge on any atom is -0.504 e. The number of hydrogen-bond donors (Lipinski definition) is 8. The van der Waals surface area contributed by atoms with Gasteiger partial charge in [-0.1, -0.05) is 72.8 Å². The van der Waals surface area contributed by atoms with Crippen LogP contribution >= 0.6 is 0 Å². The van der Waals surface area contributed by atoms with Crippen LogP contribution in [0.2, 0.25) is 0 Å². The van der Waals surface area contributed by atoms with Crippen molar-refractivity contribution in [3.8, 4) is 11.5 Å². The molecule has 11 atom stereocenters. The first-order valence-electron chi connectivity index (χ1n) is 26.9. The number of rotatable bonds is 21. The molecule has 0 aromatic heterocycles. The van der Waals surface area contributed by atoms with Crippen LogP contribution in [0.1, 0.15) is 105 Å². The van der Waals surface area contributed by atoms with Gasteiger partial charge in [-0.2, -0.15) is 0 Å². The van der Waals surface area contributed by atoms with Gasteiger partial charge in [0.2, 0.25) is 0 Å². The van der Waals surface area contributed by atoms with Crippen LogP contribution in [0.15, 0.2) is 108 Å². The summed E-state index contributed by atoms with van der Waals surface area (Å²) in [4.78, 5) is 27.7. The fourth-order valence-corrected chi connectivity index (χ4v) is 14.0. The number of allylic oxidation sites excluding steroid dienone is 3. The zero-order chi connectivity index (χ0) is 49.3. The summed E-state index contributed by atoms with van der Waals surface area (Å²) in [6.07, 6.45) is 24.5. The smallest absolute Gasteiger partial charge is 0.186 e. The topological polar surface area (TPSA) is 178 Å². The Bertz CT molecular complexity index is 2430. The van der Waals surface area contributed by atoms with Crippen molar-refractivity contribution in [1.29, 1.82) is 0 Å². The molecule has 0 radical (unpaired) electrons. The highest BCUT2D eigenvalue weighted by molar-refractivity contribution is 6.06. The van der Waals surface area contributed by atoms with Crippen LogP contribution in [0.3, 0.4) is 0 Å². The lowest BCUT2D eigenvalue weighted by atomic mass is 9.54. The number of dihydropyridines is 1. The molecule has 71 heavy (non-hydrogen) atoms. The molecule has 4 fully saturated rings. The third-order valence-corrected chi connectivity index (χ3v) is 17.2. The zero-order valence-corrected chi connectivity index (χ0v) is 41.9. The number of ether oxygens (including phenoxy) is 1. The number of Topliss-reactive ketones (excluding diaryl/α,β-unsaturated/α-hetero) is 1. The molecule has 380 valence electrons. The normalized spacial score (nSPS) is 29.5. The summed E-state index contributed by atoms with van der Waals surface area (Å²) in [6.45, 7) is 4.95. The maximum Gasteiger partial charge on any atom is 0.186 e. The first-order valence-corrected chi connectivity index (χ1v) is 26.9.